The van der Waals surface area contributed by atoms with Gasteiger partial charge in [0.05, 0.1) is 13.1 Å². The number of phenols is 2. The molecule has 0 spiro atoms. The lowest BCUT2D eigenvalue weighted by Crippen LogP contribution is -2.67. The van der Waals surface area contributed by atoms with Crippen molar-refractivity contribution in [2.45, 2.75) is 6.04 Å². The maximum Gasteiger partial charge on any atom is 0.405 e. The number of benzene rings is 1. The molecule has 2 saturated heterocycles. The highest BCUT2D eigenvalue weighted by molar-refractivity contribution is 7.88. The third kappa shape index (κ3) is 4.41. The molecule has 32 heavy (non-hydrogen) atoms. The van der Waals surface area contributed by atoms with Crippen molar-refractivity contribution in [3.8, 4) is 11.5 Å². The van der Waals surface area contributed by atoms with E-state index < -0.39 is 64.4 Å². The van der Waals surface area contributed by atoms with Crippen LogP contribution >= 0.6 is 0 Å². The van der Waals surface area contributed by atoms with E-state index in [0.717, 1.165) is 17.0 Å². The van der Waals surface area contributed by atoms with Gasteiger partial charge < -0.3 is 20.6 Å². The molecule has 2 heterocycles. The second kappa shape index (κ2) is 8.10. The molecular formula is C15H16N6O10S. The second-order valence-electron chi connectivity index (χ2n) is 6.53. The number of anilines is 1. The van der Waals surface area contributed by atoms with Crippen LogP contribution in [0.2, 0.25) is 0 Å². The molecule has 16 nitrogen and oxygen atoms in total. The van der Waals surface area contributed by atoms with Gasteiger partial charge in [-0.15, -0.1) is 0 Å². The van der Waals surface area contributed by atoms with Gasteiger partial charge in [0.15, 0.2) is 11.5 Å². The lowest BCUT2D eigenvalue weighted by Gasteiger charge is -2.35. The number of imide groups is 2. The first-order chi connectivity index (χ1) is 14.9. The van der Waals surface area contributed by atoms with Crippen molar-refractivity contribution < 1.29 is 47.7 Å². The fourth-order valence-electron chi connectivity index (χ4n) is 2.88. The molecule has 2 aliphatic heterocycles. The van der Waals surface area contributed by atoms with E-state index in [9.17, 15) is 42.6 Å². The molecule has 0 aliphatic carbocycles. The minimum absolute atomic E-state index is 0.0525. The Balaban J connectivity index is 1.58. The summed E-state index contributed by atoms with van der Waals surface area (Å²) < 4.78 is 26.9. The molecule has 6 N–H and O–H groups in total. The standard InChI is InChI=1S/C15H16N6O10S/c22-9-2-1-7(5-10(9)23)19-3-4-20(15(19)29)12(25)17-32(30,31)18-13(26)21-6-8(11(21)24)16-14(27)28/h1-2,5,8,16,22-23H,3-4,6H2,(H,17,25)(H,18,26)(H,27,28). The number of hydrogen-bond acceptors (Lipinski definition) is 9. The number of carboxylic acid groups (broad SMARTS) is 1. The van der Waals surface area contributed by atoms with E-state index in [1.807, 2.05) is 5.32 Å². The smallest absolute Gasteiger partial charge is 0.405 e. The SMILES string of the molecule is O=C(O)NC1CN(C(=O)NS(=O)(=O)NC(=O)N2CCN(c3ccc(O)c(O)c3)C2=O)C1=O. The number of amides is 8. The van der Waals surface area contributed by atoms with E-state index in [4.69, 9.17) is 5.11 Å². The number of carbonyl (C=O) groups excluding carboxylic acids is 4. The number of nitrogens with zero attached hydrogens (tertiary/aromatic N) is 3. The largest absolute Gasteiger partial charge is 0.504 e. The monoisotopic (exact) mass is 472 g/mol. The molecule has 172 valence electrons. The summed E-state index contributed by atoms with van der Waals surface area (Å²) in [5.41, 5.74) is 0.137. The van der Waals surface area contributed by atoms with Crippen LogP contribution in [0.5, 0.6) is 11.5 Å². The number of rotatable bonds is 4. The van der Waals surface area contributed by atoms with Crippen molar-refractivity contribution in [2.75, 3.05) is 24.5 Å². The zero-order valence-corrected chi connectivity index (χ0v) is 16.7. The number of carbonyl (C=O) groups is 5. The topological polar surface area (TPSA) is 226 Å². The summed E-state index contributed by atoms with van der Waals surface area (Å²) in [5, 5.41) is 29.2. The van der Waals surface area contributed by atoms with Gasteiger partial charge in [-0.2, -0.15) is 8.42 Å². The van der Waals surface area contributed by atoms with E-state index in [0.29, 0.717) is 9.80 Å². The van der Waals surface area contributed by atoms with Gasteiger partial charge in [0.25, 0.3) is 5.91 Å². The van der Waals surface area contributed by atoms with Crippen molar-refractivity contribution in [3.63, 3.8) is 0 Å². The second-order valence-corrected chi connectivity index (χ2v) is 7.94. The molecule has 2 aliphatic rings. The summed E-state index contributed by atoms with van der Waals surface area (Å²) in [6.07, 6.45) is -1.50. The number of urea groups is 3. The Bertz CT molecular complexity index is 1120. The zero-order chi connectivity index (χ0) is 23.8. The molecule has 0 radical (unpaired) electrons. The Kier molecular flexibility index (Phi) is 5.67. The van der Waals surface area contributed by atoms with Crippen LogP contribution in [0.1, 0.15) is 0 Å². The maximum atomic E-state index is 12.4. The highest BCUT2D eigenvalue weighted by Crippen LogP contribution is 2.31. The molecule has 1 aromatic carbocycles. The number of phenolic OH excluding ortho intramolecular Hbond substituents is 2. The van der Waals surface area contributed by atoms with E-state index in [-0.39, 0.29) is 18.8 Å². The Hall–Kier alpha value is -4.28. The summed E-state index contributed by atoms with van der Waals surface area (Å²) in [4.78, 5) is 60.7. The van der Waals surface area contributed by atoms with Crippen molar-refractivity contribution in [2.24, 2.45) is 0 Å². The van der Waals surface area contributed by atoms with Gasteiger partial charge in [-0.25, -0.2) is 33.5 Å². The number of β-lactam (4-membered cyclic amide) rings is 1. The number of hydrogen-bond donors (Lipinski definition) is 6. The van der Waals surface area contributed by atoms with Gasteiger partial charge in [0.1, 0.15) is 6.04 Å². The molecule has 0 aromatic heterocycles. The Morgan fingerprint density at radius 1 is 0.969 bits per heavy atom. The van der Waals surface area contributed by atoms with Crippen LogP contribution in [0.4, 0.5) is 24.9 Å². The minimum atomic E-state index is -4.84. The number of aromatic hydroxyl groups is 2. The first kappa shape index (κ1) is 22.4. The van der Waals surface area contributed by atoms with Crippen LogP contribution in [0, 0.1) is 0 Å². The molecule has 1 aromatic rings. The predicted octanol–water partition coefficient (Wildman–Crippen LogP) is -1.52. The van der Waals surface area contributed by atoms with Crippen LogP contribution in [0.25, 0.3) is 0 Å². The van der Waals surface area contributed by atoms with Crippen LogP contribution in [-0.2, 0) is 15.0 Å². The third-order valence-corrected chi connectivity index (χ3v) is 5.33. The molecule has 0 bridgehead atoms. The van der Waals surface area contributed by atoms with Gasteiger partial charge in [0, 0.05) is 18.3 Å². The average molecular weight is 472 g/mol. The maximum absolute atomic E-state index is 12.4. The number of likely N-dealkylation sites (tertiary alicyclic amines) is 1. The molecule has 2 fully saturated rings. The third-order valence-electron chi connectivity index (χ3n) is 4.44. The van der Waals surface area contributed by atoms with Crippen molar-refractivity contribution >= 4 is 46.0 Å². The fraction of sp³-hybridized carbons (Fsp3) is 0.267. The van der Waals surface area contributed by atoms with E-state index in [1.165, 1.54) is 15.5 Å². The lowest BCUT2D eigenvalue weighted by molar-refractivity contribution is -0.138. The normalized spacial score (nSPS) is 18.2. The summed E-state index contributed by atoms with van der Waals surface area (Å²) in [6, 6.07) is -1.47. The van der Waals surface area contributed by atoms with Gasteiger partial charge in [-0.05, 0) is 12.1 Å². The van der Waals surface area contributed by atoms with Crippen LogP contribution in [0.15, 0.2) is 18.2 Å². The summed E-state index contributed by atoms with van der Waals surface area (Å²) >= 11 is 0. The quantitative estimate of drug-likeness (QED) is 0.219. The van der Waals surface area contributed by atoms with Crippen LogP contribution in [-0.4, -0.2) is 89.3 Å². The van der Waals surface area contributed by atoms with Gasteiger partial charge in [-0.3, -0.25) is 14.6 Å². The number of nitrogens with one attached hydrogen (secondary N) is 3. The van der Waals surface area contributed by atoms with Gasteiger partial charge in [-0.1, -0.05) is 0 Å². The summed E-state index contributed by atoms with van der Waals surface area (Å²) in [7, 11) is -4.84. The molecule has 1 unspecified atom stereocenters. The Labute approximate surface area is 179 Å². The first-order valence-electron chi connectivity index (χ1n) is 8.70. The van der Waals surface area contributed by atoms with Gasteiger partial charge >= 0.3 is 34.4 Å². The van der Waals surface area contributed by atoms with Crippen LogP contribution < -0.4 is 19.7 Å². The summed E-state index contributed by atoms with van der Waals surface area (Å²) in [5.74, 6) is -1.93. The molecular weight excluding hydrogens is 456 g/mol. The zero-order valence-electron chi connectivity index (χ0n) is 15.9. The molecule has 17 heteroatoms. The Morgan fingerprint density at radius 3 is 2.16 bits per heavy atom. The van der Waals surface area contributed by atoms with E-state index in [2.05, 4.69) is 0 Å². The minimum Gasteiger partial charge on any atom is -0.504 e. The van der Waals surface area contributed by atoms with E-state index >= 15 is 0 Å². The van der Waals surface area contributed by atoms with Crippen LogP contribution in [0.3, 0.4) is 0 Å². The molecule has 0 saturated carbocycles. The van der Waals surface area contributed by atoms with Gasteiger partial charge in [0.2, 0.25) is 0 Å². The fourth-order valence-corrected chi connectivity index (χ4v) is 3.61. The van der Waals surface area contributed by atoms with Crippen molar-refractivity contribution in [1.29, 1.82) is 0 Å². The highest BCUT2D eigenvalue weighted by atomic mass is 32.2. The molecule has 1 atom stereocenters. The predicted molar refractivity (Wildman–Crippen MR) is 102 cm³/mol. The Morgan fingerprint density at radius 2 is 1.59 bits per heavy atom. The molecule has 8 amide bonds. The average Bonchev–Trinajstić information content (AvgIpc) is 3.07. The van der Waals surface area contributed by atoms with Crippen molar-refractivity contribution in [1.82, 2.24) is 24.6 Å². The van der Waals surface area contributed by atoms with Crippen molar-refractivity contribution in [3.05, 3.63) is 18.2 Å². The first-order valence-corrected chi connectivity index (χ1v) is 10.2. The highest BCUT2D eigenvalue weighted by Gasteiger charge is 2.43. The lowest BCUT2D eigenvalue weighted by atomic mass is 10.1. The van der Waals surface area contributed by atoms with E-state index in [1.54, 1.807) is 0 Å². The molecule has 3 rings (SSSR count). The summed E-state index contributed by atoms with van der Waals surface area (Å²) in [6.45, 7) is -0.703.